The summed E-state index contributed by atoms with van der Waals surface area (Å²) in [6.45, 7) is 5.23. The summed E-state index contributed by atoms with van der Waals surface area (Å²) in [5, 5.41) is 9.63. The number of hydrogen-bond acceptors (Lipinski definition) is 5. The van der Waals surface area contributed by atoms with Gasteiger partial charge in [-0.3, -0.25) is 9.47 Å². The molecular weight excluding hydrogens is 272 g/mol. The summed E-state index contributed by atoms with van der Waals surface area (Å²) in [6, 6.07) is 8.44. The minimum atomic E-state index is 0.503. The van der Waals surface area contributed by atoms with E-state index in [1.54, 1.807) is 18.9 Å². The van der Waals surface area contributed by atoms with Crippen molar-refractivity contribution in [3.8, 4) is 17.1 Å². The second-order valence-corrected chi connectivity index (χ2v) is 5.94. The van der Waals surface area contributed by atoms with E-state index in [9.17, 15) is 0 Å². The van der Waals surface area contributed by atoms with Crippen LogP contribution in [0.2, 0.25) is 0 Å². The lowest BCUT2D eigenvalue weighted by atomic mass is 10.2. The topological polar surface area (TPSA) is 43.2 Å². The lowest BCUT2D eigenvalue weighted by Gasteiger charge is -2.30. The van der Waals surface area contributed by atoms with Crippen molar-refractivity contribution in [3.05, 3.63) is 24.3 Å². The summed E-state index contributed by atoms with van der Waals surface area (Å²) in [5.74, 6) is 2.66. The van der Waals surface area contributed by atoms with Gasteiger partial charge in [0, 0.05) is 6.04 Å². The van der Waals surface area contributed by atoms with Crippen LogP contribution in [0.25, 0.3) is 11.4 Å². The number of hydrogen-bond donors (Lipinski definition) is 0. The van der Waals surface area contributed by atoms with Crippen LogP contribution in [0.15, 0.2) is 29.4 Å². The minimum Gasteiger partial charge on any atom is -0.496 e. The minimum absolute atomic E-state index is 0.503. The van der Waals surface area contributed by atoms with E-state index in [1.165, 1.54) is 0 Å². The van der Waals surface area contributed by atoms with Crippen molar-refractivity contribution in [3.63, 3.8) is 0 Å². The highest BCUT2D eigenvalue weighted by Gasteiger charge is 2.24. The molecule has 3 rings (SSSR count). The Kier molecular flexibility index (Phi) is 3.67. The first-order valence-corrected chi connectivity index (χ1v) is 7.62. The molecule has 106 valence electrons. The molecule has 0 amide bonds. The molecule has 5 nitrogen and oxygen atoms in total. The van der Waals surface area contributed by atoms with Crippen LogP contribution in [0.3, 0.4) is 0 Å². The average molecular weight is 290 g/mol. The first-order chi connectivity index (χ1) is 9.70. The summed E-state index contributed by atoms with van der Waals surface area (Å²) >= 11 is 1.73. The van der Waals surface area contributed by atoms with Crippen LogP contribution >= 0.6 is 11.8 Å². The molecule has 0 fully saturated rings. The van der Waals surface area contributed by atoms with Gasteiger partial charge in [0.2, 0.25) is 0 Å². The number of benzene rings is 1. The highest BCUT2D eigenvalue weighted by molar-refractivity contribution is 7.99. The second kappa shape index (κ2) is 5.46. The van der Waals surface area contributed by atoms with E-state index in [0.717, 1.165) is 34.8 Å². The number of thioether (sulfide) groups is 1. The molecule has 1 aromatic heterocycles. The maximum Gasteiger partial charge on any atom is 0.193 e. The molecular formula is C14H18N4OS. The highest BCUT2D eigenvalue weighted by Crippen LogP contribution is 2.33. The molecule has 0 bridgehead atoms. The van der Waals surface area contributed by atoms with Crippen molar-refractivity contribution in [1.82, 2.24) is 19.7 Å². The molecule has 0 atom stereocenters. The summed E-state index contributed by atoms with van der Waals surface area (Å²) < 4.78 is 7.59. The third-order valence-corrected chi connectivity index (χ3v) is 4.50. The van der Waals surface area contributed by atoms with Gasteiger partial charge in [-0.05, 0) is 26.0 Å². The monoisotopic (exact) mass is 290 g/mol. The number of ether oxygens (including phenoxy) is 1. The van der Waals surface area contributed by atoms with Gasteiger partial charge < -0.3 is 4.74 Å². The van der Waals surface area contributed by atoms with Crippen molar-refractivity contribution in [1.29, 1.82) is 0 Å². The normalized spacial score (nSPS) is 15.4. The van der Waals surface area contributed by atoms with Gasteiger partial charge in [-0.1, -0.05) is 23.9 Å². The largest absolute Gasteiger partial charge is 0.496 e. The maximum absolute atomic E-state index is 5.43. The predicted molar refractivity (Wildman–Crippen MR) is 79.7 cm³/mol. The van der Waals surface area contributed by atoms with E-state index in [0.29, 0.717) is 6.04 Å². The molecule has 2 aromatic rings. The van der Waals surface area contributed by atoms with Crippen molar-refractivity contribution in [2.24, 2.45) is 0 Å². The van der Waals surface area contributed by atoms with Crippen LogP contribution in [0.5, 0.6) is 5.75 Å². The summed E-state index contributed by atoms with van der Waals surface area (Å²) in [6.07, 6.45) is 0. The molecule has 0 unspecified atom stereocenters. The molecule has 0 saturated carbocycles. The molecule has 2 heterocycles. The second-order valence-electron chi connectivity index (χ2n) is 5.03. The first kappa shape index (κ1) is 13.5. The lowest BCUT2D eigenvalue weighted by molar-refractivity contribution is 0.193. The lowest BCUT2D eigenvalue weighted by Crippen LogP contribution is -2.35. The summed E-state index contributed by atoms with van der Waals surface area (Å²) in [4.78, 5) is 2.39. The van der Waals surface area contributed by atoms with Crippen molar-refractivity contribution >= 4 is 11.8 Å². The van der Waals surface area contributed by atoms with E-state index in [-0.39, 0.29) is 0 Å². The Labute approximate surface area is 122 Å². The Balaban J connectivity index is 2.02. The Bertz CT molecular complexity index is 611. The Morgan fingerprint density at radius 1 is 1.25 bits per heavy atom. The van der Waals surface area contributed by atoms with Crippen LogP contribution in [-0.2, 0) is 6.67 Å². The molecule has 0 saturated heterocycles. The Morgan fingerprint density at radius 2 is 2.05 bits per heavy atom. The van der Waals surface area contributed by atoms with Crippen LogP contribution in [0, 0.1) is 0 Å². The number of nitrogens with zero attached hydrogens (tertiary/aromatic N) is 4. The quantitative estimate of drug-likeness (QED) is 0.869. The van der Waals surface area contributed by atoms with Gasteiger partial charge in [0.05, 0.1) is 25.2 Å². The Hall–Kier alpha value is -1.53. The fraction of sp³-hybridized carbons (Fsp3) is 0.429. The van der Waals surface area contributed by atoms with E-state index < -0.39 is 0 Å². The fourth-order valence-corrected chi connectivity index (χ4v) is 3.29. The summed E-state index contributed by atoms with van der Waals surface area (Å²) in [5.41, 5.74) is 0.986. The molecule has 0 spiro atoms. The SMILES string of the molecule is COc1ccccc1-c1nnc2n1CN(C(C)C)CS2. The molecule has 1 aromatic carbocycles. The van der Waals surface area contributed by atoms with Gasteiger partial charge in [0.1, 0.15) is 5.75 Å². The number of aromatic nitrogens is 3. The number of para-hydroxylation sites is 1. The van der Waals surface area contributed by atoms with E-state index in [1.807, 2.05) is 24.3 Å². The highest BCUT2D eigenvalue weighted by atomic mass is 32.2. The molecule has 0 N–H and O–H groups in total. The smallest absolute Gasteiger partial charge is 0.193 e. The van der Waals surface area contributed by atoms with Crippen LogP contribution in [-0.4, -0.2) is 38.7 Å². The van der Waals surface area contributed by atoms with Gasteiger partial charge in [-0.15, -0.1) is 10.2 Å². The van der Waals surface area contributed by atoms with Gasteiger partial charge in [0.15, 0.2) is 11.0 Å². The number of rotatable bonds is 3. The standard InChI is InChI=1S/C14H18N4OS/c1-10(2)17-8-18-13(15-16-14(18)20-9-17)11-6-4-5-7-12(11)19-3/h4-7,10H,8-9H2,1-3H3. The molecule has 1 aliphatic rings. The van der Waals surface area contributed by atoms with Gasteiger partial charge in [-0.25, -0.2) is 0 Å². The van der Waals surface area contributed by atoms with Crippen LogP contribution in [0.1, 0.15) is 13.8 Å². The van der Waals surface area contributed by atoms with Gasteiger partial charge >= 0.3 is 0 Å². The first-order valence-electron chi connectivity index (χ1n) is 6.64. The molecule has 6 heteroatoms. The predicted octanol–water partition coefficient (Wildman–Crippen LogP) is 2.68. The van der Waals surface area contributed by atoms with Crippen molar-refractivity contribution in [2.45, 2.75) is 31.7 Å². The average Bonchev–Trinajstić information content (AvgIpc) is 2.89. The van der Waals surface area contributed by atoms with E-state index in [4.69, 9.17) is 4.74 Å². The molecule has 1 aliphatic heterocycles. The zero-order valence-electron chi connectivity index (χ0n) is 11.9. The molecule has 0 radical (unpaired) electrons. The number of fused-ring (bicyclic) bond motifs is 1. The van der Waals surface area contributed by atoms with Gasteiger partial charge in [0.25, 0.3) is 0 Å². The number of methoxy groups -OCH3 is 1. The Morgan fingerprint density at radius 3 is 2.80 bits per heavy atom. The van der Waals surface area contributed by atoms with Crippen molar-refractivity contribution < 1.29 is 4.74 Å². The molecule has 20 heavy (non-hydrogen) atoms. The van der Waals surface area contributed by atoms with Crippen molar-refractivity contribution in [2.75, 3.05) is 13.0 Å². The van der Waals surface area contributed by atoms with E-state index >= 15 is 0 Å². The van der Waals surface area contributed by atoms with Crippen LogP contribution in [0.4, 0.5) is 0 Å². The molecule has 0 aliphatic carbocycles. The zero-order chi connectivity index (χ0) is 14.1. The maximum atomic E-state index is 5.43. The van der Waals surface area contributed by atoms with E-state index in [2.05, 4.69) is 33.5 Å². The fourth-order valence-electron chi connectivity index (χ4n) is 2.23. The van der Waals surface area contributed by atoms with Gasteiger partial charge in [-0.2, -0.15) is 0 Å². The van der Waals surface area contributed by atoms with Crippen LogP contribution < -0.4 is 4.74 Å². The third kappa shape index (κ3) is 2.29. The summed E-state index contributed by atoms with van der Waals surface area (Å²) in [7, 11) is 1.68. The zero-order valence-corrected chi connectivity index (χ0v) is 12.7. The third-order valence-electron chi connectivity index (χ3n) is 3.48.